The van der Waals surface area contributed by atoms with Gasteiger partial charge in [0.05, 0.1) is 11.1 Å². The average molecular weight is 419 g/mol. The molecule has 0 saturated carbocycles. The lowest BCUT2D eigenvalue weighted by Crippen LogP contribution is -2.19. The molecule has 31 heavy (non-hydrogen) atoms. The van der Waals surface area contributed by atoms with E-state index >= 15 is 0 Å². The SMILES string of the molecule is Nc1nonc1-n1nnc(C(=O)N/N=C/c2ccccc2)c1-c1cccc([N+](=O)[O-])c1. The van der Waals surface area contributed by atoms with Gasteiger partial charge in [-0.2, -0.15) is 9.78 Å². The number of carbonyl (C=O) groups is 1. The average Bonchev–Trinajstić information content (AvgIpc) is 3.40. The number of rotatable bonds is 6. The molecule has 2 heterocycles. The number of amides is 1. The molecular weight excluding hydrogens is 406 g/mol. The minimum absolute atomic E-state index is 0.0270. The van der Waals surface area contributed by atoms with E-state index in [-0.39, 0.29) is 34.3 Å². The summed E-state index contributed by atoms with van der Waals surface area (Å²) in [7, 11) is 0. The van der Waals surface area contributed by atoms with Crippen molar-refractivity contribution in [2.45, 2.75) is 0 Å². The zero-order valence-corrected chi connectivity index (χ0v) is 15.6. The van der Waals surface area contributed by atoms with Gasteiger partial charge in [0, 0.05) is 17.7 Å². The highest BCUT2D eigenvalue weighted by Crippen LogP contribution is 2.28. The molecule has 154 valence electrons. The highest BCUT2D eigenvalue weighted by atomic mass is 16.6. The van der Waals surface area contributed by atoms with Gasteiger partial charge < -0.3 is 5.73 Å². The molecule has 0 aliphatic heterocycles. The number of nitro groups is 1. The maximum absolute atomic E-state index is 12.8. The van der Waals surface area contributed by atoms with Crippen molar-refractivity contribution < 1.29 is 14.3 Å². The summed E-state index contributed by atoms with van der Waals surface area (Å²) in [6, 6.07) is 14.7. The Hall–Kier alpha value is -4.94. The third kappa shape index (κ3) is 3.95. The number of benzene rings is 2. The minimum atomic E-state index is -0.699. The van der Waals surface area contributed by atoms with Crippen molar-refractivity contribution in [2.75, 3.05) is 5.73 Å². The topological polar surface area (TPSA) is 180 Å². The quantitative estimate of drug-likeness (QED) is 0.266. The van der Waals surface area contributed by atoms with Crippen LogP contribution < -0.4 is 11.2 Å². The van der Waals surface area contributed by atoms with E-state index in [0.717, 1.165) is 10.2 Å². The normalized spacial score (nSPS) is 11.0. The molecule has 0 unspecified atom stereocenters. The van der Waals surface area contributed by atoms with Crippen LogP contribution in [-0.2, 0) is 0 Å². The van der Waals surface area contributed by atoms with Crippen LogP contribution in [0.1, 0.15) is 16.1 Å². The van der Waals surface area contributed by atoms with Crippen molar-refractivity contribution in [3.05, 3.63) is 76.0 Å². The van der Waals surface area contributed by atoms with Crippen LogP contribution in [0.5, 0.6) is 0 Å². The zero-order chi connectivity index (χ0) is 21.8. The van der Waals surface area contributed by atoms with Crippen molar-refractivity contribution >= 4 is 23.6 Å². The molecule has 13 heteroatoms. The number of non-ortho nitro benzene ring substituents is 1. The van der Waals surface area contributed by atoms with E-state index in [1.807, 2.05) is 18.2 Å². The number of nitro benzene ring substituents is 1. The molecule has 0 radical (unpaired) electrons. The fourth-order valence-electron chi connectivity index (χ4n) is 2.70. The maximum Gasteiger partial charge on any atom is 0.294 e. The molecule has 1 amide bonds. The van der Waals surface area contributed by atoms with E-state index in [2.05, 4.69) is 35.8 Å². The monoisotopic (exact) mass is 419 g/mol. The molecule has 0 spiro atoms. The van der Waals surface area contributed by atoms with Crippen LogP contribution in [0.25, 0.3) is 17.1 Å². The van der Waals surface area contributed by atoms with Crippen LogP contribution in [-0.4, -0.2) is 42.4 Å². The molecule has 0 atom stereocenters. The summed E-state index contributed by atoms with van der Waals surface area (Å²) in [5, 5.41) is 30.0. The number of nitrogen functional groups attached to an aromatic ring is 1. The largest absolute Gasteiger partial charge is 0.378 e. The summed E-state index contributed by atoms with van der Waals surface area (Å²) in [6.45, 7) is 0. The second kappa shape index (κ2) is 8.20. The van der Waals surface area contributed by atoms with Gasteiger partial charge in [0.25, 0.3) is 11.6 Å². The molecule has 2 aromatic heterocycles. The molecule has 13 nitrogen and oxygen atoms in total. The molecule has 0 bridgehead atoms. The summed E-state index contributed by atoms with van der Waals surface area (Å²) in [4.78, 5) is 23.4. The van der Waals surface area contributed by atoms with E-state index in [1.165, 1.54) is 24.4 Å². The van der Waals surface area contributed by atoms with E-state index < -0.39 is 10.8 Å². The number of hydrogen-bond donors (Lipinski definition) is 2. The number of nitrogens with zero attached hydrogens (tertiary/aromatic N) is 7. The Labute approximate surface area is 173 Å². The van der Waals surface area contributed by atoms with E-state index in [1.54, 1.807) is 18.2 Å². The smallest absolute Gasteiger partial charge is 0.294 e. The fourth-order valence-corrected chi connectivity index (χ4v) is 2.70. The number of anilines is 1. The van der Waals surface area contributed by atoms with Crippen LogP contribution in [0.2, 0.25) is 0 Å². The van der Waals surface area contributed by atoms with Gasteiger partial charge in [-0.15, -0.1) is 5.10 Å². The molecule has 3 N–H and O–H groups in total. The lowest BCUT2D eigenvalue weighted by Gasteiger charge is -2.05. The van der Waals surface area contributed by atoms with Gasteiger partial charge in [0.15, 0.2) is 5.69 Å². The standard InChI is InChI=1S/C18H13N9O4/c19-16-17(24-31-23-16)26-15(12-7-4-8-13(9-12)27(29)30)14(21-25-26)18(28)22-20-10-11-5-2-1-3-6-11/h1-10H,(H2,19,23)(H,22,28)/b20-10+. The molecule has 0 fully saturated rings. The van der Waals surface area contributed by atoms with Gasteiger partial charge in [0.2, 0.25) is 11.6 Å². The predicted octanol–water partition coefficient (Wildman–Crippen LogP) is 1.57. The highest BCUT2D eigenvalue weighted by Gasteiger charge is 2.26. The minimum Gasteiger partial charge on any atom is -0.378 e. The van der Waals surface area contributed by atoms with Crippen molar-refractivity contribution in [1.82, 2.24) is 30.7 Å². The Balaban J connectivity index is 1.74. The first kappa shape index (κ1) is 19.4. The first-order chi connectivity index (χ1) is 15.0. The van der Waals surface area contributed by atoms with Gasteiger partial charge in [-0.3, -0.25) is 14.9 Å². The molecule has 0 aliphatic rings. The van der Waals surface area contributed by atoms with Crippen LogP contribution in [0.3, 0.4) is 0 Å². The lowest BCUT2D eigenvalue weighted by atomic mass is 10.1. The van der Waals surface area contributed by atoms with Crippen molar-refractivity contribution in [2.24, 2.45) is 5.10 Å². The van der Waals surface area contributed by atoms with Crippen molar-refractivity contribution in [3.8, 4) is 17.1 Å². The number of hydrazone groups is 1. The van der Waals surface area contributed by atoms with Crippen molar-refractivity contribution in [3.63, 3.8) is 0 Å². The molecule has 4 aromatic rings. The summed E-state index contributed by atoms with van der Waals surface area (Å²) in [5.74, 6) is -0.832. The molecule has 4 rings (SSSR count). The maximum atomic E-state index is 12.8. The van der Waals surface area contributed by atoms with Crippen LogP contribution in [0.15, 0.2) is 64.3 Å². The highest BCUT2D eigenvalue weighted by molar-refractivity contribution is 5.99. The second-order valence-corrected chi connectivity index (χ2v) is 6.09. The van der Waals surface area contributed by atoms with Gasteiger partial charge in [0.1, 0.15) is 5.69 Å². The number of carbonyl (C=O) groups excluding carboxylic acids is 1. The molecular formula is C18H13N9O4. The number of hydrogen-bond acceptors (Lipinski definition) is 10. The Morgan fingerprint density at radius 2 is 2.00 bits per heavy atom. The molecule has 0 aliphatic carbocycles. The first-order valence-corrected chi connectivity index (χ1v) is 8.72. The Morgan fingerprint density at radius 3 is 2.71 bits per heavy atom. The number of nitrogens with two attached hydrogens (primary N) is 1. The summed E-state index contributed by atoms with van der Waals surface area (Å²) in [6.07, 6.45) is 1.45. The Morgan fingerprint density at radius 1 is 1.19 bits per heavy atom. The number of aromatic nitrogens is 5. The van der Waals surface area contributed by atoms with Crippen LogP contribution in [0, 0.1) is 10.1 Å². The lowest BCUT2D eigenvalue weighted by molar-refractivity contribution is -0.384. The molecule has 2 aromatic carbocycles. The third-order valence-electron chi connectivity index (χ3n) is 4.09. The molecule has 0 saturated heterocycles. The van der Waals surface area contributed by atoms with Gasteiger partial charge in [-0.25, -0.2) is 10.1 Å². The van der Waals surface area contributed by atoms with Gasteiger partial charge in [-0.1, -0.05) is 47.7 Å². The van der Waals surface area contributed by atoms with E-state index in [4.69, 9.17) is 5.73 Å². The summed E-state index contributed by atoms with van der Waals surface area (Å²) in [5.41, 5.74) is 8.89. The first-order valence-electron chi connectivity index (χ1n) is 8.72. The van der Waals surface area contributed by atoms with Crippen molar-refractivity contribution in [1.29, 1.82) is 0 Å². The Kier molecular flexibility index (Phi) is 5.13. The fraction of sp³-hybridized carbons (Fsp3) is 0. The van der Waals surface area contributed by atoms with Crippen LogP contribution >= 0.6 is 0 Å². The van der Waals surface area contributed by atoms with Gasteiger partial charge in [-0.05, 0) is 15.9 Å². The predicted molar refractivity (Wildman–Crippen MR) is 107 cm³/mol. The Bertz CT molecular complexity index is 1280. The summed E-state index contributed by atoms with van der Waals surface area (Å²) < 4.78 is 5.70. The third-order valence-corrected chi connectivity index (χ3v) is 4.09. The second-order valence-electron chi connectivity index (χ2n) is 6.09. The number of nitrogens with one attached hydrogen (secondary N) is 1. The van der Waals surface area contributed by atoms with Gasteiger partial charge >= 0.3 is 0 Å². The summed E-state index contributed by atoms with van der Waals surface area (Å²) >= 11 is 0. The van der Waals surface area contributed by atoms with E-state index in [0.29, 0.717) is 0 Å². The van der Waals surface area contributed by atoms with Crippen LogP contribution in [0.4, 0.5) is 11.5 Å². The van der Waals surface area contributed by atoms with E-state index in [9.17, 15) is 14.9 Å². The zero-order valence-electron chi connectivity index (χ0n) is 15.6.